The Morgan fingerprint density at radius 3 is 2.46 bits per heavy atom. The summed E-state index contributed by atoms with van der Waals surface area (Å²) in [5.74, 6) is 0. The highest BCUT2D eigenvalue weighted by molar-refractivity contribution is 5.68. The van der Waals surface area contributed by atoms with Crippen LogP contribution in [0.5, 0.6) is 0 Å². The molecule has 0 saturated heterocycles. The molecule has 0 aromatic heterocycles. The predicted molar refractivity (Wildman–Crippen MR) is 99.8 cm³/mol. The summed E-state index contributed by atoms with van der Waals surface area (Å²) in [6, 6.07) is 18.7. The van der Waals surface area contributed by atoms with E-state index in [0.717, 1.165) is 12.0 Å². The molecule has 0 aliphatic heterocycles. The number of ether oxygens (including phenoxy) is 1. The second-order valence-electron chi connectivity index (χ2n) is 6.61. The SMILES string of the molecule is CC(C)(C)OC(=O)NCCC=Cc1cccc(-c2ccccc2)c1. The van der Waals surface area contributed by atoms with Crippen LogP contribution >= 0.6 is 0 Å². The largest absolute Gasteiger partial charge is 0.444 e. The molecule has 0 bridgehead atoms. The van der Waals surface area contributed by atoms with Gasteiger partial charge in [0, 0.05) is 6.54 Å². The number of amides is 1. The molecule has 0 atom stereocenters. The number of hydrogen-bond donors (Lipinski definition) is 1. The maximum atomic E-state index is 11.5. The van der Waals surface area contributed by atoms with Gasteiger partial charge in [-0.1, -0.05) is 60.7 Å². The molecule has 0 saturated carbocycles. The Morgan fingerprint density at radius 1 is 1.04 bits per heavy atom. The molecule has 2 aromatic carbocycles. The Morgan fingerprint density at radius 2 is 1.75 bits per heavy atom. The molecule has 2 rings (SSSR count). The van der Waals surface area contributed by atoms with Crippen LogP contribution in [-0.2, 0) is 4.74 Å². The molecule has 0 fully saturated rings. The third kappa shape index (κ3) is 6.29. The van der Waals surface area contributed by atoms with Gasteiger partial charge in [0.15, 0.2) is 0 Å². The van der Waals surface area contributed by atoms with E-state index >= 15 is 0 Å². The first kappa shape index (κ1) is 17.8. The van der Waals surface area contributed by atoms with Gasteiger partial charge in [0.05, 0.1) is 0 Å². The minimum atomic E-state index is -0.461. The van der Waals surface area contributed by atoms with Gasteiger partial charge < -0.3 is 10.1 Å². The maximum absolute atomic E-state index is 11.5. The van der Waals surface area contributed by atoms with E-state index in [2.05, 4.69) is 53.9 Å². The molecule has 0 aliphatic rings. The van der Waals surface area contributed by atoms with E-state index in [1.165, 1.54) is 11.1 Å². The van der Waals surface area contributed by atoms with Gasteiger partial charge in [-0.15, -0.1) is 0 Å². The van der Waals surface area contributed by atoms with E-state index in [-0.39, 0.29) is 6.09 Å². The van der Waals surface area contributed by atoms with Gasteiger partial charge in [-0.2, -0.15) is 0 Å². The van der Waals surface area contributed by atoms with E-state index in [1.54, 1.807) is 0 Å². The standard InChI is InChI=1S/C21H25NO2/c1-21(2,3)24-20(23)22-15-8-7-10-17-11-9-14-19(16-17)18-12-5-4-6-13-18/h4-7,9-14,16H,8,15H2,1-3H3,(H,22,23). The fourth-order valence-electron chi connectivity index (χ4n) is 2.24. The summed E-state index contributed by atoms with van der Waals surface area (Å²) in [4.78, 5) is 11.5. The molecule has 3 heteroatoms. The van der Waals surface area contributed by atoms with Crippen molar-refractivity contribution in [2.75, 3.05) is 6.54 Å². The van der Waals surface area contributed by atoms with Gasteiger partial charge in [0.1, 0.15) is 5.60 Å². The van der Waals surface area contributed by atoms with Crippen LogP contribution in [0.2, 0.25) is 0 Å². The third-order valence-corrected chi connectivity index (χ3v) is 3.28. The number of nitrogens with one attached hydrogen (secondary N) is 1. The number of carbonyl (C=O) groups is 1. The van der Waals surface area contributed by atoms with Crippen molar-refractivity contribution in [2.45, 2.75) is 32.8 Å². The van der Waals surface area contributed by atoms with E-state index in [0.29, 0.717) is 6.54 Å². The van der Waals surface area contributed by atoms with Crippen molar-refractivity contribution < 1.29 is 9.53 Å². The molecule has 24 heavy (non-hydrogen) atoms. The highest BCUT2D eigenvalue weighted by Gasteiger charge is 2.15. The number of alkyl carbamates (subject to hydrolysis) is 1. The zero-order chi connectivity index (χ0) is 17.4. The molecular weight excluding hydrogens is 298 g/mol. The minimum absolute atomic E-state index is 0.373. The first-order valence-corrected chi connectivity index (χ1v) is 8.23. The summed E-state index contributed by atoms with van der Waals surface area (Å²) < 4.78 is 5.19. The van der Waals surface area contributed by atoms with Gasteiger partial charge in [0.25, 0.3) is 0 Å². The number of rotatable bonds is 5. The fraction of sp³-hybridized carbons (Fsp3) is 0.286. The normalized spacial score (nSPS) is 11.5. The second-order valence-corrected chi connectivity index (χ2v) is 6.61. The molecule has 0 unspecified atom stereocenters. The molecule has 1 amide bonds. The van der Waals surface area contributed by atoms with Gasteiger partial charge in [-0.05, 0) is 49.9 Å². The summed E-state index contributed by atoms with van der Waals surface area (Å²) in [6.07, 6.45) is 4.52. The number of benzene rings is 2. The topological polar surface area (TPSA) is 38.3 Å². The smallest absolute Gasteiger partial charge is 0.407 e. The number of hydrogen-bond acceptors (Lipinski definition) is 2. The highest BCUT2D eigenvalue weighted by Crippen LogP contribution is 2.20. The summed E-state index contributed by atoms with van der Waals surface area (Å²) in [5.41, 5.74) is 3.09. The molecular formula is C21H25NO2. The van der Waals surface area contributed by atoms with E-state index in [4.69, 9.17) is 4.74 Å². The van der Waals surface area contributed by atoms with E-state index in [9.17, 15) is 4.79 Å². The average Bonchev–Trinajstić information content (AvgIpc) is 2.54. The van der Waals surface area contributed by atoms with Crippen LogP contribution in [0.1, 0.15) is 32.8 Å². The van der Waals surface area contributed by atoms with Crippen molar-refractivity contribution in [3.8, 4) is 11.1 Å². The predicted octanol–water partition coefficient (Wildman–Crippen LogP) is 5.28. The molecule has 3 nitrogen and oxygen atoms in total. The van der Waals surface area contributed by atoms with Crippen LogP contribution < -0.4 is 5.32 Å². The zero-order valence-corrected chi connectivity index (χ0v) is 14.6. The summed E-state index contributed by atoms with van der Waals surface area (Å²) >= 11 is 0. The van der Waals surface area contributed by atoms with Crippen molar-refractivity contribution in [1.29, 1.82) is 0 Å². The Kier molecular flexibility index (Phi) is 6.19. The van der Waals surface area contributed by atoms with Crippen molar-refractivity contribution >= 4 is 12.2 Å². The molecule has 2 aromatic rings. The van der Waals surface area contributed by atoms with Gasteiger partial charge in [0.2, 0.25) is 0 Å². The summed E-state index contributed by atoms with van der Waals surface area (Å²) in [5, 5.41) is 2.75. The van der Waals surface area contributed by atoms with Crippen LogP contribution in [0.25, 0.3) is 17.2 Å². The van der Waals surface area contributed by atoms with Crippen molar-refractivity contribution in [3.05, 3.63) is 66.2 Å². The average molecular weight is 323 g/mol. The van der Waals surface area contributed by atoms with E-state index < -0.39 is 5.60 Å². The van der Waals surface area contributed by atoms with Gasteiger partial charge >= 0.3 is 6.09 Å². The first-order valence-electron chi connectivity index (χ1n) is 8.23. The Hall–Kier alpha value is -2.55. The molecule has 0 aliphatic carbocycles. The van der Waals surface area contributed by atoms with Gasteiger partial charge in [-0.25, -0.2) is 4.79 Å². The first-order chi connectivity index (χ1) is 11.4. The molecule has 1 N–H and O–H groups in total. The summed E-state index contributed by atoms with van der Waals surface area (Å²) in [7, 11) is 0. The lowest BCUT2D eigenvalue weighted by Crippen LogP contribution is -2.32. The van der Waals surface area contributed by atoms with Crippen molar-refractivity contribution in [2.24, 2.45) is 0 Å². The second kappa shape index (κ2) is 8.34. The van der Waals surface area contributed by atoms with E-state index in [1.807, 2.05) is 39.0 Å². The monoisotopic (exact) mass is 323 g/mol. The number of carbonyl (C=O) groups excluding carboxylic acids is 1. The van der Waals surface area contributed by atoms with Crippen LogP contribution in [0.3, 0.4) is 0 Å². The van der Waals surface area contributed by atoms with Crippen LogP contribution in [-0.4, -0.2) is 18.2 Å². The van der Waals surface area contributed by atoms with Crippen LogP contribution in [0.4, 0.5) is 4.79 Å². The lowest BCUT2D eigenvalue weighted by Gasteiger charge is -2.19. The molecule has 0 radical (unpaired) electrons. The maximum Gasteiger partial charge on any atom is 0.407 e. The third-order valence-electron chi connectivity index (χ3n) is 3.28. The Labute approximate surface area is 144 Å². The zero-order valence-electron chi connectivity index (χ0n) is 14.6. The molecule has 0 heterocycles. The highest BCUT2D eigenvalue weighted by atomic mass is 16.6. The quantitative estimate of drug-likeness (QED) is 0.760. The van der Waals surface area contributed by atoms with Crippen LogP contribution in [0.15, 0.2) is 60.7 Å². The summed E-state index contributed by atoms with van der Waals surface area (Å²) in [6.45, 7) is 6.12. The Bertz CT molecular complexity index is 684. The van der Waals surface area contributed by atoms with Gasteiger partial charge in [-0.3, -0.25) is 0 Å². The van der Waals surface area contributed by atoms with Crippen LogP contribution in [0, 0.1) is 0 Å². The van der Waals surface area contributed by atoms with Crippen molar-refractivity contribution in [1.82, 2.24) is 5.32 Å². The van der Waals surface area contributed by atoms with Crippen molar-refractivity contribution in [3.63, 3.8) is 0 Å². The molecule has 126 valence electrons. The Balaban J connectivity index is 1.84. The lowest BCUT2D eigenvalue weighted by molar-refractivity contribution is 0.0529. The minimum Gasteiger partial charge on any atom is -0.444 e. The fourth-order valence-corrected chi connectivity index (χ4v) is 2.24. The molecule has 0 spiro atoms. The lowest BCUT2D eigenvalue weighted by atomic mass is 10.0.